The lowest BCUT2D eigenvalue weighted by Gasteiger charge is -2.14. The van der Waals surface area contributed by atoms with Gasteiger partial charge < -0.3 is 20.7 Å². The number of aliphatic imine (C=N–C) groups is 1. The average Bonchev–Trinajstić information content (AvgIpc) is 2.70. The van der Waals surface area contributed by atoms with Gasteiger partial charge in [-0.3, -0.25) is 9.79 Å². The van der Waals surface area contributed by atoms with Crippen LogP contribution in [0.4, 0.5) is 14.5 Å². The van der Waals surface area contributed by atoms with E-state index in [9.17, 15) is 13.6 Å². The molecule has 0 unspecified atom stereocenters. The van der Waals surface area contributed by atoms with Crippen LogP contribution in [0.1, 0.15) is 30.9 Å². The highest BCUT2D eigenvalue weighted by Crippen LogP contribution is 2.19. The fraction of sp³-hybridized carbons (Fsp3) is 0.333. The first kappa shape index (κ1) is 25.6. The van der Waals surface area contributed by atoms with Gasteiger partial charge in [-0.05, 0) is 30.2 Å². The summed E-state index contributed by atoms with van der Waals surface area (Å²) in [5.74, 6) is 0.655. The lowest BCUT2D eigenvalue weighted by Crippen LogP contribution is -2.36. The molecule has 2 aromatic rings. The molecule has 0 aromatic heterocycles. The van der Waals surface area contributed by atoms with Gasteiger partial charge in [0, 0.05) is 37.8 Å². The third-order valence-electron chi connectivity index (χ3n) is 4.03. The molecule has 6 nitrogen and oxygen atoms in total. The van der Waals surface area contributed by atoms with Gasteiger partial charge in [-0.15, -0.1) is 24.0 Å². The van der Waals surface area contributed by atoms with Crippen LogP contribution in [0.5, 0.6) is 5.75 Å². The number of para-hydroxylation sites is 1. The van der Waals surface area contributed by atoms with Crippen LogP contribution in [0, 0.1) is 0 Å². The SMILES string of the molecule is CCCC(=O)Nc1ccc(CNC(=NC)NCc2ccccc2OC(F)F)cc1.I. The molecule has 0 radical (unpaired) electrons. The average molecular weight is 532 g/mol. The minimum Gasteiger partial charge on any atom is -0.434 e. The molecule has 9 heteroatoms. The van der Waals surface area contributed by atoms with Gasteiger partial charge in [0.2, 0.25) is 5.91 Å². The fourth-order valence-electron chi connectivity index (χ4n) is 2.60. The van der Waals surface area contributed by atoms with Crippen molar-refractivity contribution in [1.82, 2.24) is 10.6 Å². The number of alkyl halides is 2. The zero-order valence-corrected chi connectivity index (χ0v) is 19.3. The molecular formula is C21H27F2IN4O2. The zero-order valence-electron chi connectivity index (χ0n) is 17.0. The number of nitrogens with zero attached hydrogens (tertiary/aromatic N) is 1. The molecule has 2 aromatic carbocycles. The van der Waals surface area contributed by atoms with Crippen molar-refractivity contribution >= 4 is 41.5 Å². The summed E-state index contributed by atoms with van der Waals surface area (Å²) in [5, 5.41) is 9.08. The maximum Gasteiger partial charge on any atom is 0.387 e. The van der Waals surface area contributed by atoms with E-state index in [-0.39, 0.29) is 42.2 Å². The molecule has 0 heterocycles. The van der Waals surface area contributed by atoms with E-state index in [1.165, 1.54) is 6.07 Å². The highest BCUT2D eigenvalue weighted by Gasteiger charge is 2.09. The Kier molecular flexibility index (Phi) is 11.7. The van der Waals surface area contributed by atoms with Crippen LogP contribution in [0.2, 0.25) is 0 Å². The van der Waals surface area contributed by atoms with Crippen molar-refractivity contribution < 1.29 is 18.3 Å². The van der Waals surface area contributed by atoms with Gasteiger partial charge in [-0.2, -0.15) is 8.78 Å². The number of amides is 1. The molecule has 0 bridgehead atoms. The van der Waals surface area contributed by atoms with Crippen LogP contribution in [-0.4, -0.2) is 25.5 Å². The molecule has 0 saturated carbocycles. The minimum absolute atomic E-state index is 0. The van der Waals surface area contributed by atoms with Gasteiger partial charge in [0.1, 0.15) is 5.75 Å². The van der Waals surface area contributed by atoms with Gasteiger partial charge in [0.05, 0.1) is 0 Å². The second-order valence-electron chi connectivity index (χ2n) is 6.26. The highest BCUT2D eigenvalue weighted by atomic mass is 127. The standard InChI is InChI=1S/C21H26F2N4O2.HI/c1-3-6-19(28)27-17-11-9-15(10-12-17)13-25-21(24-2)26-14-16-7-4-5-8-18(16)29-20(22)23;/h4-5,7-12,20H,3,6,13-14H2,1-2H3,(H,27,28)(H2,24,25,26);1H. The molecule has 0 aliphatic rings. The smallest absolute Gasteiger partial charge is 0.387 e. The quantitative estimate of drug-likeness (QED) is 0.253. The summed E-state index contributed by atoms with van der Waals surface area (Å²) in [6.07, 6.45) is 1.30. The Morgan fingerprint density at radius 3 is 2.37 bits per heavy atom. The second kappa shape index (κ2) is 13.7. The van der Waals surface area contributed by atoms with Crippen molar-refractivity contribution in [2.45, 2.75) is 39.5 Å². The molecule has 0 fully saturated rings. The van der Waals surface area contributed by atoms with Crippen LogP contribution in [0.3, 0.4) is 0 Å². The molecule has 0 atom stereocenters. The van der Waals surface area contributed by atoms with Crippen molar-refractivity contribution in [3.8, 4) is 5.75 Å². The monoisotopic (exact) mass is 532 g/mol. The van der Waals surface area contributed by atoms with Gasteiger partial charge in [-0.25, -0.2) is 0 Å². The van der Waals surface area contributed by atoms with E-state index in [1.807, 2.05) is 31.2 Å². The number of carbonyl (C=O) groups is 1. The third-order valence-corrected chi connectivity index (χ3v) is 4.03. The normalized spacial score (nSPS) is 10.9. The molecule has 164 valence electrons. The van der Waals surface area contributed by atoms with Crippen molar-refractivity contribution in [3.63, 3.8) is 0 Å². The Hall–Kier alpha value is -2.43. The molecule has 0 aliphatic carbocycles. The number of nitrogens with one attached hydrogen (secondary N) is 3. The predicted molar refractivity (Wildman–Crippen MR) is 126 cm³/mol. The van der Waals surface area contributed by atoms with E-state index in [2.05, 4.69) is 25.7 Å². The lowest BCUT2D eigenvalue weighted by atomic mass is 10.2. The van der Waals surface area contributed by atoms with Crippen LogP contribution in [-0.2, 0) is 17.9 Å². The maximum atomic E-state index is 12.5. The molecule has 0 spiro atoms. The summed E-state index contributed by atoms with van der Waals surface area (Å²) in [6.45, 7) is -0.119. The van der Waals surface area contributed by atoms with Gasteiger partial charge in [-0.1, -0.05) is 37.3 Å². The topological polar surface area (TPSA) is 74.8 Å². The number of carbonyl (C=O) groups excluding carboxylic acids is 1. The Morgan fingerprint density at radius 1 is 1.07 bits per heavy atom. The fourth-order valence-corrected chi connectivity index (χ4v) is 2.60. The summed E-state index contributed by atoms with van der Waals surface area (Å²) in [7, 11) is 1.63. The summed E-state index contributed by atoms with van der Waals surface area (Å²) in [5.41, 5.74) is 2.36. The zero-order chi connectivity index (χ0) is 21.1. The number of rotatable bonds is 9. The van der Waals surface area contributed by atoms with Crippen LogP contribution < -0.4 is 20.7 Å². The Bertz CT molecular complexity index is 817. The molecule has 0 saturated heterocycles. The third kappa shape index (κ3) is 8.93. The maximum absolute atomic E-state index is 12.5. The van der Waals surface area contributed by atoms with Crippen molar-refractivity contribution in [3.05, 3.63) is 59.7 Å². The number of hydrogen-bond donors (Lipinski definition) is 3. The number of hydrogen-bond acceptors (Lipinski definition) is 3. The molecule has 1 amide bonds. The Labute approximate surface area is 192 Å². The van der Waals surface area contributed by atoms with Crippen LogP contribution in [0.25, 0.3) is 0 Å². The molecular weight excluding hydrogens is 505 g/mol. The summed E-state index contributed by atoms with van der Waals surface area (Å²) in [4.78, 5) is 15.8. The van der Waals surface area contributed by atoms with E-state index < -0.39 is 6.61 Å². The first-order valence-corrected chi connectivity index (χ1v) is 9.37. The predicted octanol–water partition coefficient (Wildman–Crippen LogP) is 4.51. The van der Waals surface area contributed by atoms with E-state index >= 15 is 0 Å². The number of ether oxygens (including phenoxy) is 1. The van der Waals surface area contributed by atoms with Gasteiger partial charge >= 0.3 is 6.61 Å². The highest BCUT2D eigenvalue weighted by molar-refractivity contribution is 14.0. The summed E-state index contributed by atoms with van der Waals surface area (Å²) >= 11 is 0. The largest absolute Gasteiger partial charge is 0.434 e. The van der Waals surface area contributed by atoms with Gasteiger partial charge in [0.15, 0.2) is 5.96 Å². The van der Waals surface area contributed by atoms with E-state index in [0.29, 0.717) is 24.5 Å². The van der Waals surface area contributed by atoms with Crippen molar-refractivity contribution in [2.75, 3.05) is 12.4 Å². The van der Waals surface area contributed by atoms with E-state index in [1.54, 1.807) is 25.2 Å². The lowest BCUT2D eigenvalue weighted by molar-refractivity contribution is -0.116. The summed E-state index contributed by atoms with van der Waals surface area (Å²) < 4.78 is 29.5. The Balaban J connectivity index is 0.00000450. The first-order valence-electron chi connectivity index (χ1n) is 9.37. The number of guanidine groups is 1. The summed E-state index contributed by atoms with van der Waals surface area (Å²) in [6, 6.07) is 14.1. The van der Waals surface area contributed by atoms with Crippen LogP contribution >= 0.6 is 24.0 Å². The van der Waals surface area contributed by atoms with E-state index in [0.717, 1.165) is 17.7 Å². The number of halogens is 3. The number of anilines is 1. The number of benzene rings is 2. The minimum atomic E-state index is -2.87. The molecule has 3 N–H and O–H groups in total. The Morgan fingerprint density at radius 2 is 1.73 bits per heavy atom. The molecule has 2 rings (SSSR count). The molecule has 30 heavy (non-hydrogen) atoms. The van der Waals surface area contributed by atoms with Crippen molar-refractivity contribution in [2.24, 2.45) is 4.99 Å². The first-order chi connectivity index (χ1) is 14.0. The van der Waals surface area contributed by atoms with Gasteiger partial charge in [0.25, 0.3) is 0 Å². The molecule has 0 aliphatic heterocycles. The van der Waals surface area contributed by atoms with E-state index in [4.69, 9.17) is 0 Å². The van der Waals surface area contributed by atoms with Crippen molar-refractivity contribution in [1.29, 1.82) is 0 Å². The van der Waals surface area contributed by atoms with Crippen LogP contribution in [0.15, 0.2) is 53.5 Å². The second-order valence-corrected chi connectivity index (χ2v) is 6.26.